The molecule has 104 valence electrons. The highest BCUT2D eigenvalue weighted by molar-refractivity contribution is 5.48. The first kappa shape index (κ1) is 12.9. The van der Waals surface area contributed by atoms with Gasteiger partial charge in [0.25, 0.3) is 0 Å². The van der Waals surface area contributed by atoms with Crippen molar-refractivity contribution in [2.24, 2.45) is 5.84 Å². The maximum atomic E-state index is 13.7. The molecule has 0 atom stereocenters. The molecule has 0 radical (unpaired) electrons. The van der Waals surface area contributed by atoms with E-state index in [1.807, 2.05) is 0 Å². The number of benzene rings is 1. The van der Waals surface area contributed by atoms with Crippen molar-refractivity contribution in [2.75, 3.05) is 5.43 Å². The van der Waals surface area contributed by atoms with Gasteiger partial charge in [-0.1, -0.05) is 6.07 Å². The number of aromatic nitrogens is 2. The summed E-state index contributed by atoms with van der Waals surface area (Å²) < 4.78 is 26.5. The summed E-state index contributed by atoms with van der Waals surface area (Å²) in [4.78, 5) is 8.77. The molecule has 0 saturated carbocycles. The number of aryl methyl sites for hydroxylation is 1. The number of anilines is 1. The van der Waals surface area contributed by atoms with Gasteiger partial charge in [0.2, 0.25) is 0 Å². The number of hydrazine groups is 1. The minimum absolute atomic E-state index is 0.216. The standard InChI is InChI=1S/C14H14F2N4/c15-9-5-4-8(11(16)7-9)6-13-18-12-3-1-2-10(12)14(19-13)20-17/h4-5,7H,1-3,6,17H2,(H,18,19,20). The van der Waals surface area contributed by atoms with Crippen LogP contribution in [0.4, 0.5) is 14.6 Å². The molecule has 1 aliphatic rings. The van der Waals surface area contributed by atoms with Gasteiger partial charge in [0.05, 0.1) is 0 Å². The number of rotatable bonds is 3. The SMILES string of the molecule is NNc1nc(Cc2ccc(F)cc2F)nc2c1CCC2. The van der Waals surface area contributed by atoms with E-state index in [1.54, 1.807) is 0 Å². The van der Waals surface area contributed by atoms with Gasteiger partial charge in [-0.15, -0.1) is 0 Å². The topological polar surface area (TPSA) is 63.8 Å². The number of nitrogens with one attached hydrogen (secondary N) is 1. The van der Waals surface area contributed by atoms with Crippen molar-refractivity contribution < 1.29 is 8.78 Å². The molecule has 3 N–H and O–H groups in total. The monoisotopic (exact) mass is 276 g/mol. The van der Waals surface area contributed by atoms with Crippen LogP contribution in [0.25, 0.3) is 0 Å². The third-order valence-electron chi connectivity index (χ3n) is 3.48. The van der Waals surface area contributed by atoms with Crippen LogP contribution in [0.2, 0.25) is 0 Å². The molecule has 1 heterocycles. The summed E-state index contributed by atoms with van der Waals surface area (Å²) in [6, 6.07) is 3.51. The third-order valence-corrected chi connectivity index (χ3v) is 3.48. The van der Waals surface area contributed by atoms with E-state index in [9.17, 15) is 8.78 Å². The summed E-state index contributed by atoms with van der Waals surface area (Å²) in [7, 11) is 0. The Morgan fingerprint density at radius 2 is 2.05 bits per heavy atom. The fourth-order valence-corrected chi connectivity index (χ4v) is 2.52. The molecule has 0 bridgehead atoms. The van der Waals surface area contributed by atoms with E-state index in [2.05, 4.69) is 15.4 Å². The Bertz CT molecular complexity index is 658. The Morgan fingerprint density at radius 3 is 2.80 bits per heavy atom. The zero-order valence-corrected chi connectivity index (χ0v) is 10.8. The van der Waals surface area contributed by atoms with Crippen LogP contribution in [0.15, 0.2) is 18.2 Å². The van der Waals surface area contributed by atoms with Crippen molar-refractivity contribution >= 4 is 5.82 Å². The van der Waals surface area contributed by atoms with Crippen molar-refractivity contribution in [3.63, 3.8) is 0 Å². The molecule has 0 spiro atoms. The normalized spacial score (nSPS) is 13.3. The lowest BCUT2D eigenvalue weighted by molar-refractivity contribution is 0.573. The van der Waals surface area contributed by atoms with Crippen LogP contribution >= 0.6 is 0 Å². The van der Waals surface area contributed by atoms with E-state index >= 15 is 0 Å². The number of hydrogen-bond acceptors (Lipinski definition) is 4. The highest BCUT2D eigenvalue weighted by atomic mass is 19.1. The van der Waals surface area contributed by atoms with Crippen LogP contribution in [0.5, 0.6) is 0 Å². The first-order chi connectivity index (χ1) is 9.67. The minimum Gasteiger partial charge on any atom is -0.308 e. The van der Waals surface area contributed by atoms with Gasteiger partial charge in [0.15, 0.2) is 0 Å². The molecule has 20 heavy (non-hydrogen) atoms. The molecular weight excluding hydrogens is 262 g/mol. The lowest BCUT2D eigenvalue weighted by Crippen LogP contribution is -2.14. The summed E-state index contributed by atoms with van der Waals surface area (Å²) in [5.74, 6) is 5.38. The van der Waals surface area contributed by atoms with Crippen LogP contribution in [0.1, 0.15) is 29.1 Å². The van der Waals surface area contributed by atoms with E-state index in [0.29, 0.717) is 17.2 Å². The number of nitrogens with two attached hydrogens (primary N) is 1. The number of nitrogens with zero attached hydrogens (tertiary/aromatic N) is 2. The molecule has 0 aliphatic heterocycles. The molecule has 1 aromatic carbocycles. The maximum Gasteiger partial charge on any atom is 0.147 e. The molecule has 1 aliphatic carbocycles. The van der Waals surface area contributed by atoms with Gasteiger partial charge in [0, 0.05) is 23.7 Å². The summed E-state index contributed by atoms with van der Waals surface area (Å²) in [5, 5.41) is 0. The van der Waals surface area contributed by atoms with Crippen LogP contribution in [0.3, 0.4) is 0 Å². The van der Waals surface area contributed by atoms with E-state index in [4.69, 9.17) is 5.84 Å². The van der Waals surface area contributed by atoms with E-state index in [1.165, 1.54) is 12.1 Å². The Labute approximate surface area is 115 Å². The van der Waals surface area contributed by atoms with Crippen LogP contribution < -0.4 is 11.3 Å². The summed E-state index contributed by atoms with van der Waals surface area (Å²) >= 11 is 0. The molecule has 6 heteroatoms. The molecule has 0 amide bonds. The van der Waals surface area contributed by atoms with E-state index in [-0.39, 0.29) is 6.42 Å². The smallest absolute Gasteiger partial charge is 0.147 e. The average molecular weight is 276 g/mol. The Kier molecular flexibility index (Phi) is 3.31. The minimum atomic E-state index is -0.592. The molecule has 4 nitrogen and oxygen atoms in total. The lowest BCUT2D eigenvalue weighted by atomic mass is 10.1. The van der Waals surface area contributed by atoms with Crippen LogP contribution in [-0.2, 0) is 19.3 Å². The van der Waals surface area contributed by atoms with Gasteiger partial charge in [-0.2, -0.15) is 0 Å². The number of fused-ring (bicyclic) bond motifs is 1. The van der Waals surface area contributed by atoms with Crippen molar-refractivity contribution in [3.8, 4) is 0 Å². The predicted molar refractivity (Wildman–Crippen MR) is 71.0 cm³/mol. The van der Waals surface area contributed by atoms with Crippen LogP contribution in [0, 0.1) is 11.6 Å². The van der Waals surface area contributed by atoms with Gasteiger partial charge in [-0.25, -0.2) is 24.6 Å². The third kappa shape index (κ3) is 2.34. The van der Waals surface area contributed by atoms with Gasteiger partial charge in [-0.05, 0) is 30.9 Å². The number of nitrogen functional groups attached to an aromatic ring is 1. The molecule has 3 rings (SSSR count). The predicted octanol–water partition coefficient (Wildman–Crippen LogP) is 2.12. The summed E-state index contributed by atoms with van der Waals surface area (Å²) in [6.45, 7) is 0. The average Bonchev–Trinajstić information content (AvgIpc) is 2.89. The zero-order valence-electron chi connectivity index (χ0n) is 10.8. The maximum absolute atomic E-state index is 13.7. The van der Waals surface area contributed by atoms with E-state index < -0.39 is 11.6 Å². The summed E-state index contributed by atoms with van der Waals surface area (Å²) in [6.07, 6.45) is 3.02. The van der Waals surface area contributed by atoms with Gasteiger partial charge < -0.3 is 5.43 Å². The molecule has 0 unspecified atom stereocenters. The van der Waals surface area contributed by atoms with Crippen molar-refractivity contribution in [3.05, 3.63) is 52.5 Å². The molecular formula is C14H14F2N4. The first-order valence-corrected chi connectivity index (χ1v) is 6.46. The van der Waals surface area contributed by atoms with Crippen LogP contribution in [-0.4, -0.2) is 9.97 Å². The fraction of sp³-hybridized carbons (Fsp3) is 0.286. The highest BCUT2D eigenvalue weighted by Crippen LogP contribution is 2.26. The Balaban J connectivity index is 1.95. The van der Waals surface area contributed by atoms with E-state index in [0.717, 1.165) is 36.6 Å². The second-order valence-electron chi connectivity index (χ2n) is 4.82. The largest absolute Gasteiger partial charge is 0.308 e. The van der Waals surface area contributed by atoms with Gasteiger partial charge in [0.1, 0.15) is 23.3 Å². The summed E-state index contributed by atoms with van der Waals surface area (Å²) in [5.41, 5.74) is 4.94. The molecule has 2 aromatic rings. The Hall–Kier alpha value is -2.08. The van der Waals surface area contributed by atoms with Crippen molar-refractivity contribution in [1.29, 1.82) is 0 Å². The molecule has 0 fully saturated rings. The fourth-order valence-electron chi connectivity index (χ4n) is 2.52. The molecule has 0 saturated heterocycles. The van der Waals surface area contributed by atoms with Crippen molar-refractivity contribution in [2.45, 2.75) is 25.7 Å². The number of halogens is 2. The van der Waals surface area contributed by atoms with Gasteiger partial charge in [-0.3, -0.25) is 0 Å². The second-order valence-corrected chi connectivity index (χ2v) is 4.82. The molecule has 1 aromatic heterocycles. The number of hydrogen-bond donors (Lipinski definition) is 2. The zero-order chi connectivity index (χ0) is 14.1. The Morgan fingerprint density at radius 1 is 1.20 bits per heavy atom. The first-order valence-electron chi connectivity index (χ1n) is 6.46. The van der Waals surface area contributed by atoms with Crippen molar-refractivity contribution in [1.82, 2.24) is 9.97 Å². The quantitative estimate of drug-likeness (QED) is 0.666. The lowest BCUT2D eigenvalue weighted by Gasteiger charge is -2.09. The highest BCUT2D eigenvalue weighted by Gasteiger charge is 2.19. The second kappa shape index (κ2) is 5.13. The van der Waals surface area contributed by atoms with Gasteiger partial charge >= 0.3 is 0 Å².